The van der Waals surface area contributed by atoms with Crippen LogP contribution in [-0.2, 0) is 13.6 Å². The molecule has 3 rings (SSSR count). The molecule has 1 N–H and O–H groups in total. The summed E-state index contributed by atoms with van der Waals surface area (Å²) >= 11 is 1.56. The van der Waals surface area contributed by atoms with E-state index in [1.807, 2.05) is 17.5 Å². The molecule has 3 aromatic heterocycles. The lowest BCUT2D eigenvalue weighted by Gasteiger charge is -2.04. The maximum Gasteiger partial charge on any atom is 0.330 e. The predicted octanol–water partition coefficient (Wildman–Crippen LogP) is 1.95. The van der Waals surface area contributed by atoms with Gasteiger partial charge in [-0.05, 0) is 17.9 Å². The van der Waals surface area contributed by atoms with Gasteiger partial charge in [0.1, 0.15) is 0 Å². The molecule has 0 unspecified atom stereocenters. The Morgan fingerprint density at radius 3 is 2.86 bits per heavy atom. The highest BCUT2D eigenvalue weighted by Gasteiger charge is 2.17. The summed E-state index contributed by atoms with van der Waals surface area (Å²) in [7, 11) is 1.80. The number of hydrogen-bond donors (Lipinski definition) is 1. The molecule has 3 aromatic rings. The van der Waals surface area contributed by atoms with Crippen LogP contribution in [0.25, 0.3) is 21.9 Å². The third-order valence-electron chi connectivity index (χ3n) is 3.49. The molecule has 21 heavy (non-hydrogen) atoms. The molecule has 0 aliphatic rings. The van der Waals surface area contributed by atoms with Crippen LogP contribution in [0, 0.1) is 0 Å². The van der Waals surface area contributed by atoms with Crippen LogP contribution in [0.5, 0.6) is 0 Å². The van der Waals surface area contributed by atoms with E-state index < -0.39 is 5.69 Å². The second-order valence-corrected chi connectivity index (χ2v) is 5.86. The van der Waals surface area contributed by atoms with Gasteiger partial charge in [0.2, 0.25) is 0 Å². The van der Waals surface area contributed by atoms with E-state index in [-0.39, 0.29) is 5.56 Å². The molecule has 0 amide bonds. The predicted molar refractivity (Wildman–Crippen MR) is 83.8 cm³/mol. The fraction of sp³-hybridized carbons (Fsp3) is 0.357. The maximum atomic E-state index is 12.1. The van der Waals surface area contributed by atoms with Crippen LogP contribution in [0.1, 0.15) is 19.8 Å². The summed E-state index contributed by atoms with van der Waals surface area (Å²) in [6.07, 6.45) is 1.84. The van der Waals surface area contributed by atoms with Crippen molar-refractivity contribution in [1.82, 2.24) is 19.1 Å². The van der Waals surface area contributed by atoms with E-state index >= 15 is 0 Å². The van der Waals surface area contributed by atoms with E-state index in [0.717, 1.165) is 17.7 Å². The van der Waals surface area contributed by atoms with Crippen molar-refractivity contribution >= 4 is 22.5 Å². The molecule has 0 atom stereocenters. The van der Waals surface area contributed by atoms with E-state index in [4.69, 9.17) is 0 Å². The quantitative estimate of drug-likeness (QED) is 0.800. The monoisotopic (exact) mass is 304 g/mol. The van der Waals surface area contributed by atoms with Gasteiger partial charge in [0, 0.05) is 13.6 Å². The van der Waals surface area contributed by atoms with E-state index in [1.54, 1.807) is 27.5 Å². The summed E-state index contributed by atoms with van der Waals surface area (Å²) in [5.41, 5.74) is 0.120. The minimum Gasteiger partial charge on any atom is -0.321 e. The molecule has 0 fully saturated rings. The summed E-state index contributed by atoms with van der Waals surface area (Å²) in [6, 6.07) is 3.89. The third kappa shape index (κ3) is 2.23. The van der Waals surface area contributed by atoms with Crippen molar-refractivity contribution in [3.63, 3.8) is 0 Å². The second-order valence-electron chi connectivity index (χ2n) is 4.91. The Morgan fingerprint density at radius 1 is 1.38 bits per heavy atom. The van der Waals surface area contributed by atoms with E-state index in [0.29, 0.717) is 23.5 Å². The Morgan fingerprint density at radius 2 is 2.19 bits per heavy atom. The number of hydrogen-bond acceptors (Lipinski definition) is 4. The van der Waals surface area contributed by atoms with Gasteiger partial charge in [0.25, 0.3) is 5.56 Å². The third-order valence-corrected chi connectivity index (χ3v) is 4.36. The van der Waals surface area contributed by atoms with Crippen LogP contribution in [0.4, 0.5) is 0 Å². The molecule has 0 aromatic carbocycles. The van der Waals surface area contributed by atoms with Crippen molar-refractivity contribution in [3.05, 3.63) is 38.4 Å². The summed E-state index contributed by atoms with van der Waals surface area (Å²) < 4.78 is 3.30. The van der Waals surface area contributed by atoms with E-state index in [9.17, 15) is 9.59 Å². The number of nitrogens with one attached hydrogen (secondary N) is 1. The molecule has 0 saturated carbocycles. The van der Waals surface area contributed by atoms with Crippen LogP contribution >= 0.6 is 11.3 Å². The second kappa shape index (κ2) is 5.33. The molecule has 0 aliphatic heterocycles. The zero-order valence-corrected chi connectivity index (χ0v) is 12.7. The summed E-state index contributed by atoms with van der Waals surface area (Å²) in [5.74, 6) is 0.710. The number of rotatable bonds is 4. The molecule has 3 heterocycles. The van der Waals surface area contributed by atoms with Gasteiger partial charge in [0.05, 0.1) is 4.88 Å². The van der Waals surface area contributed by atoms with Crippen LogP contribution in [0.3, 0.4) is 0 Å². The van der Waals surface area contributed by atoms with Gasteiger partial charge in [-0.1, -0.05) is 19.4 Å². The summed E-state index contributed by atoms with van der Waals surface area (Å²) in [6.45, 7) is 2.62. The van der Waals surface area contributed by atoms with Crippen molar-refractivity contribution in [3.8, 4) is 10.7 Å². The van der Waals surface area contributed by atoms with Crippen LogP contribution in [0.2, 0.25) is 0 Å². The molecular formula is C14H16N4O2S. The number of imidazole rings is 1. The average molecular weight is 304 g/mol. The molecular weight excluding hydrogens is 288 g/mol. The number of aromatic nitrogens is 4. The van der Waals surface area contributed by atoms with E-state index in [2.05, 4.69) is 16.9 Å². The largest absolute Gasteiger partial charge is 0.330 e. The van der Waals surface area contributed by atoms with Gasteiger partial charge in [-0.2, -0.15) is 0 Å². The SMILES string of the molecule is CCCCn1c(=O)[nH]c(=O)c2c1nc(-c1cccs1)n2C. The van der Waals surface area contributed by atoms with E-state index in [1.165, 1.54) is 0 Å². The Labute approximate surface area is 124 Å². The fourth-order valence-corrected chi connectivity index (χ4v) is 3.14. The number of fused-ring (bicyclic) bond motifs is 1. The topological polar surface area (TPSA) is 72.7 Å². The molecule has 0 aliphatic carbocycles. The lowest BCUT2D eigenvalue weighted by molar-refractivity contribution is 0.613. The average Bonchev–Trinajstić information content (AvgIpc) is 3.06. The molecule has 7 heteroatoms. The van der Waals surface area contributed by atoms with Crippen molar-refractivity contribution in [2.75, 3.05) is 0 Å². The van der Waals surface area contributed by atoms with Crippen LogP contribution in [0.15, 0.2) is 27.1 Å². The maximum absolute atomic E-state index is 12.1. The smallest absolute Gasteiger partial charge is 0.321 e. The molecule has 110 valence electrons. The number of H-pyrrole nitrogens is 1. The zero-order valence-electron chi connectivity index (χ0n) is 11.9. The number of thiophene rings is 1. The number of nitrogens with zero attached hydrogens (tertiary/aromatic N) is 3. The van der Waals surface area contributed by atoms with Crippen molar-refractivity contribution in [2.24, 2.45) is 7.05 Å². The Bertz CT molecular complexity index is 886. The van der Waals surface area contributed by atoms with Gasteiger partial charge in [-0.3, -0.25) is 14.3 Å². The first-order valence-corrected chi connectivity index (χ1v) is 7.75. The number of unbranched alkanes of at least 4 members (excludes halogenated alkanes) is 1. The normalized spacial score (nSPS) is 11.3. The Kier molecular flexibility index (Phi) is 3.50. The lowest BCUT2D eigenvalue weighted by Crippen LogP contribution is -2.31. The molecule has 0 saturated heterocycles. The lowest BCUT2D eigenvalue weighted by atomic mass is 10.3. The van der Waals surface area contributed by atoms with Gasteiger partial charge in [-0.25, -0.2) is 9.78 Å². The van der Waals surface area contributed by atoms with Crippen LogP contribution < -0.4 is 11.2 Å². The molecule has 6 nitrogen and oxygen atoms in total. The van der Waals surface area contributed by atoms with Crippen LogP contribution in [-0.4, -0.2) is 19.1 Å². The van der Waals surface area contributed by atoms with Crippen molar-refractivity contribution in [1.29, 1.82) is 0 Å². The minimum absolute atomic E-state index is 0.388. The van der Waals surface area contributed by atoms with Crippen molar-refractivity contribution in [2.45, 2.75) is 26.3 Å². The Hall–Kier alpha value is -2.15. The summed E-state index contributed by atoms with van der Waals surface area (Å²) in [4.78, 5) is 32.0. The highest BCUT2D eigenvalue weighted by atomic mass is 32.1. The molecule has 0 radical (unpaired) electrons. The number of aryl methyl sites for hydroxylation is 2. The first-order valence-electron chi connectivity index (χ1n) is 6.87. The molecule has 0 spiro atoms. The van der Waals surface area contributed by atoms with Gasteiger partial charge in [-0.15, -0.1) is 11.3 Å². The first-order chi connectivity index (χ1) is 10.1. The highest BCUT2D eigenvalue weighted by molar-refractivity contribution is 7.13. The van der Waals surface area contributed by atoms with Gasteiger partial charge in [0.15, 0.2) is 17.0 Å². The number of aromatic amines is 1. The zero-order chi connectivity index (χ0) is 15.0. The standard InChI is InChI=1S/C14H16N4O2S/c1-3-4-7-18-12-10(13(19)16-14(18)20)17(2)11(15-12)9-6-5-8-21-9/h5-6,8H,3-4,7H2,1-2H3,(H,16,19,20). The Balaban J connectivity index is 2.32. The van der Waals surface area contributed by atoms with Gasteiger partial charge >= 0.3 is 5.69 Å². The first kappa shape index (κ1) is 13.8. The minimum atomic E-state index is -0.392. The molecule has 0 bridgehead atoms. The van der Waals surface area contributed by atoms with Crippen molar-refractivity contribution < 1.29 is 0 Å². The highest BCUT2D eigenvalue weighted by Crippen LogP contribution is 2.25. The fourth-order valence-electron chi connectivity index (χ4n) is 2.40. The van der Waals surface area contributed by atoms with Gasteiger partial charge < -0.3 is 4.57 Å². The summed E-state index contributed by atoms with van der Waals surface area (Å²) in [5, 5.41) is 1.96.